The lowest BCUT2D eigenvalue weighted by molar-refractivity contribution is -0.111. The van der Waals surface area contributed by atoms with Crippen LogP contribution < -0.4 is 20.5 Å². The zero-order valence-electron chi connectivity index (χ0n) is 16.3. The third kappa shape index (κ3) is 5.16. The van der Waals surface area contributed by atoms with Crippen molar-refractivity contribution in [2.45, 2.75) is 13.8 Å². The van der Waals surface area contributed by atoms with Crippen molar-refractivity contribution in [2.75, 3.05) is 18.5 Å². The predicted molar refractivity (Wildman–Crippen MR) is 113 cm³/mol. The summed E-state index contributed by atoms with van der Waals surface area (Å²) in [5, 5.41) is 2.80. The average molecular weight is 393 g/mol. The highest BCUT2D eigenvalue weighted by molar-refractivity contribution is 6.02. The molecule has 29 heavy (non-hydrogen) atoms. The average Bonchev–Trinajstić information content (AvgIpc) is 3.14. The van der Waals surface area contributed by atoms with Crippen molar-refractivity contribution < 1.29 is 14.3 Å². The van der Waals surface area contributed by atoms with Gasteiger partial charge in [0.15, 0.2) is 11.5 Å². The Kier molecular flexibility index (Phi) is 6.52. The van der Waals surface area contributed by atoms with Gasteiger partial charge in [-0.15, -0.1) is 0 Å². The molecule has 0 unspecified atom stereocenters. The molecule has 0 atom stereocenters. The van der Waals surface area contributed by atoms with E-state index in [-0.39, 0.29) is 11.6 Å². The molecule has 0 saturated heterocycles. The molecule has 0 saturated carbocycles. The van der Waals surface area contributed by atoms with Gasteiger partial charge in [-0.2, -0.15) is 0 Å². The van der Waals surface area contributed by atoms with Gasteiger partial charge in [-0.05, 0) is 55.8 Å². The Hall–Kier alpha value is -3.74. The Morgan fingerprint density at radius 2 is 1.90 bits per heavy atom. The molecule has 0 radical (unpaired) electrons. The van der Waals surface area contributed by atoms with Gasteiger partial charge in [-0.3, -0.25) is 9.36 Å². The fourth-order valence-electron chi connectivity index (χ4n) is 2.78. The number of imidazole rings is 1. The number of carbonyl (C=O) groups excluding carboxylic acids is 1. The van der Waals surface area contributed by atoms with Crippen molar-refractivity contribution in [3.63, 3.8) is 0 Å². The molecule has 1 amide bonds. The minimum Gasteiger partial charge on any atom is -0.490 e. The van der Waals surface area contributed by atoms with Crippen molar-refractivity contribution in [3.05, 3.63) is 77.0 Å². The summed E-state index contributed by atoms with van der Waals surface area (Å²) in [4.78, 5) is 26.6. The first-order chi connectivity index (χ1) is 14.1. The highest BCUT2D eigenvalue weighted by Gasteiger charge is 2.06. The minimum absolute atomic E-state index is 0.242. The number of rotatable bonds is 8. The lowest BCUT2D eigenvalue weighted by atomic mass is 10.2. The Balaban J connectivity index is 1.71. The normalized spacial score (nSPS) is 10.8. The van der Waals surface area contributed by atoms with Gasteiger partial charge >= 0.3 is 5.69 Å². The van der Waals surface area contributed by atoms with E-state index in [0.717, 1.165) is 5.56 Å². The second kappa shape index (κ2) is 9.45. The summed E-state index contributed by atoms with van der Waals surface area (Å²) in [7, 11) is 0. The zero-order chi connectivity index (χ0) is 20.6. The molecule has 0 bridgehead atoms. The highest BCUT2D eigenvalue weighted by Crippen LogP contribution is 2.29. The van der Waals surface area contributed by atoms with Gasteiger partial charge in [0, 0.05) is 24.2 Å². The molecule has 2 N–H and O–H groups in total. The molecule has 3 rings (SSSR count). The summed E-state index contributed by atoms with van der Waals surface area (Å²) in [5.74, 6) is 1.03. The number of carbonyl (C=O) groups is 1. The summed E-state index contributed by atoms with van der Waals surface area (Å²) in [6.45, 7) is 4.89. The van der Waals surface area contributed by atoms with E-state index >= 15 is 0 Å². The van der Waals surface area contributed by atoms with Gasteiger partial charge in [0.1, 0.15) is 0 Å². The second-order valence-electron chi connectivity index (χ2n) is 6.08. The van der Waals surface area contributed by atoms with Crippen molar-refractivity contribution in [3.8, 4) is 17.2 Å². The third-order valence-corrected chi connectivity index (χ3v) is 4.04. The summed E-state index contributed by atoms with van der Waals surface area (Å²) >= 11 is 0. The number of amides is 1. The van der Waals surface area contributed by atoms with Crippen molar-refractivity contribution >= 4 is 17.7 Å². The third-order valence-electron chi connectivity index (χ3n) is 4.04. The number of H-pyrrole nitrogens is 1. The monoisotopic (exact) mass is 393 g/mol. The van der Waals surface area contributed by atoms with Gasteiger partial charge in [0.25, 0.3) is 0 Å². The molecule has 0 fully saturated rings. The SMILES string of the molecule is CCOc1ccc(C=CC(=O)Nc2cccc(-n3cc[nH]c3=O)c2)cc1OCC. The van der Waals surface area contributed by atoms with Gasteiger partial charge < -0.3 is 19.8 Å². The maximum Gasteiger partial charge on any atom is 0.330 e. The molecule has 0 aliphatic carbocycles. The van der Waals surface area contributed by atoms with Crippen LogP contribution in [0.2, 0.25) is 0 Å². The fraction of sp³-hybridized carbons (Fsp3) is 0.182. The van der Waals surface area contributed by atoms with Crippen molar-refractivity contribution in [2.24, 2.45) is 0 Å². The van der Waals surface area contributed by atoms with Crippen LogP contribution in [0.15, 0.2) is 65.7 Å². The molecule has 0 spiro atoms. The van der Waals surface area contributed by atoms with E-state index in [1.54, 1.807) is 42.7 Å². The number of nitrogens with one attached hydrogen (secondary N) is 2. The maximum absolute atomic E-state index is 12.3. The summed E-state index contributed by atoms with van der Waals surface area (Å²) in [6, 6.07) is 12.6. The van der Waals surface area contributed by atoms with Crippen LogP contribution in [0, 0.1) is 0 Å². The van der Waals surface area contributed by atoms with Gasteiger partial charge in [-0.25, -0.2) is 4.79 Å². The minimum atomic E-state index is -0.282. The fourth-order valence-corrected chi connectivity index (χ4v) is 2.78. The van der Waals surface area contributed by atoms with E-state index in [1.165, 1.54) is 10.6 Å². The molecule has 3 aromatic rings. The van der Waals surface area contributed by atoms with E-state index in [1.807, 2.05) is 32.0 Å². The number of hydrogen-bond acceptors (Lipinski definition) is 4. The Morgan fingerprint density at radius 1 is 1.10 bits per heavy atom. The summed E-state index contributed by atoms with van der Waals surface area (Å²) < 4.78 is 12.6. The zero-order valence-corrected chi connectivity index (χ0v) is 16.3. The first kappa shape index (κ1) is 20.0. The molecule has 1 aromatic heterocycles. The number of anilines is 1. The largest absolute Gasteiger partial charge is 0.490 e. The van der Waals surface area contributed by atoms with Crippen LogP contribution in [-0.2, 0) is 4.79 Å². The Bertz CT molecular complexity index is 1070. The van der Waals surface area contributed by atoms with Gasteiger partial charge in [0.05, 0.1) is 18.9 Å². The maximum atomic E-state index is 12.3. The molecular formula is C22H23N3O4. The number of aromatic amines is 1. The molecular weight excluding hydrogens is 370 g/mol. The topological polar surface area (TPSA) is 85.4 Å². The van der Waals surface area contributed by atoms with Crippen molar-refractivity contribution in [1.29, 1.82) is 0 Å². The quantitative estimate of drug-likeness (QED) is 0.573. The first-order valence-electron chi connectivity index (χ1n) is 9.36. The number of ether oxygens (including phenoxy) is 2. The Morgan fingerprint density at radius 3 is 2.62 bits per heavy atom. The molecule has 1 heterocycles. The molecule has 150 valence electrons. The van der Waals surface area contributed by atoms with E-state index in [0.29, 0.717) is 36.1 Å². The van der Waals surface area contributed by atoms with E-state index < -0.39 is 0 Å². The van der Waals surface area contributed by atoms with E-state index in [2.05, 4.69) is 10.3 Å². The van der Waals surface area contributed by atoms with Crippen LogP contribution in [0.25, 0.3) is 11.8 Å². The standard InChI is InChI=1S/C22H23N3O4/c1-3-28-19-10-8-16(14-20(19)29-4-2)9-11-21(26)24-17-6-5-7-18(15-17)25-13-12-23-22(25)27/h5-15H,3-4H2,1-2H3,(H,23,27)(H,24,26). The van der Waals surface area contributed by atoms with Crippen LogP contribution in [0.3, 0.4) is 0 Å². The number of aromatic nitrogens is 2. The van der Waals surface area contributed by atoms with Gasteiger partial charge in [-0.1, -0.05) is 12.1 Å². The van der Waals surface area contributed by atoms with E-state index in [4.69, 9.17) is 9.47 Å². The molecule has 0 aliphatic rings. The lowest BCUT2D eigenvalue weighted by Crippen LogP contribution is -2.14. The second-order valence-corrected chi connectivity index (χ2v) is 6.08. The van der Waals surface area contributed by atoms with Crippen LogP contribution in [0.1, 0.15) is 19.4 Å². The molecule has 7 heteroatoms. The van der Waals surface area contributed by atoms with Crippen LogP contribution in [0.5, 0.6) is 11.5 Å². The van der Waals surface area contributed by atoms with Crippen LogP contribution in [-0.4, -0.2) is 28.7 Å². The number of hydrogen-bond donors (Lipinski definition) is 2. The smallest absolute Gasteiger partial charge is 0.330 e. The molecule has 0 aliphatic heterocycles. The summed E-state index contributed by atoms with van der Waals surface area (Å²) in [6.07, 6.45) is 6.34. The molecule has 7 nitrogen and oxygen atoms in total. The molecule has 2 aromatic carbocycles. The van der Waals surface area contributed by atoms with Gasteiger partial charge in [0.2, 0.25) is 5.91 Å². The van der Waals surface area contributed by atoms with Crippen LogP contribution in [0.4, 0.5) is 5.69 Å². The van der Waals surface area contributed by atoms with E-state index in [9.17, 15) is 9.59 Å². The van der Waals surface area contributed by atoms with Crippen molar-refractivity contribution in [1.82, 2.24) is 9.55 Å². The summed E-state index contributed by atoms with van der Waals surface area (Å²) in [5.41, 5.74) is 1.83. The predicted octanol–water partition coefficient (Wildman–Crippen LogP) is 3.61. The first-order valence-corrected chi connectivity index (χ1v) is 9.36. The number of nitrogens with zero attached hydrogens (tertiary/aromatic N) is 1. The highest BCUT2D eigenvalue weighted by atomic mass is 16.5. The van der Waals surface area contributed by atoms with Crippen LogP contribution >= 0.6 is 0 Å². The number of benzene rings is 2. The lowest BCUT2D eigenvalue weighted by Gasteiger charge is -2.11. The Labute approximate surface area is 168 Å².